The lowest BCUT2D eigenvalue weighted by molar-refractivity contribution is -0.125. The van der Waals surface area contributed by atoms with Gasteiger partial charge in [0.25, 0.3) is 0 Å². The van der Waals surface area contributed by atoms with Gasteiger partial charge in [-0.2, -0.15) is 0 Å². The topological polar surface area (TPSA) is 17.1 Å². The Morgan fingerprint density at radius 1 is 1.21 bits per heavy atom. The number of carbonyl (C=O) groups is 1. The molecular weight excluding hydrogens is 172 g/mol. The van der Waals surface area contributed by atoms with E-state index in [1.807, 2.05) is 13.8 Å². The van der Waals surface area contributed by atoms with E-state index in [0.29, 0.717) is 17.6 Å². The first-order chi connectivity index (χ1) is 6.75. The zero-order chi connectivity index (χ0) is 11.0. The lowest BCUT2D eigenvalue weighted by Gasteiger charge is -2.27. The number of carbonyl (C=O) groups excluding carboxylic acids is 1. The van der Waals surface area contributed by atoms with E-state index in [2.05, 4.69) is 13.8 Å². The fourth-order valence-electron chi connectivity index (χ4n) is 2.23. The second-order valence-electron chi connectivity index (χ2n) is 4.08. The summed E-state index contributed by atoms with van der Waals surface area (Å²) in [6, 6.07) is 0. The second-order valence-corrected chi connectivity index (χ2v) is 4.08. The minimum atomic E-state index is 0.402. The monoisotopic (exact) mass is 198 g/mol. The molecule has 1 aliphatic carbocycles. The van der Waals surface area contributed by atoms with Crippen LogP contribution in [-0.2, 0) is 4.79 Å². The van der Waals surface area contributed by atoms with Crippen LogP contribution in [0.3, 0.4) is 0 Å². The van der Waals surface area contributed by atoms with Gasteiger partial charge in [0.15, 0.2) is 0 Å². The zero-order valence-electron chi connectivity index (χ0n) is 10.3. The minimum Gasteiger partial charge on any atom is -0.299 e. The van der Waals surface area contributed by atoms with Crippen LogP contribution in [-0.4, -0.2) is 5.78 Å². The molecule has 0 aliphatic heterocycles. The molecule has 2 atom stereocenters. The Morgan fingerprint density at radius 3 is 2.29 bits per heavy atom. The van der Waals surface area contributed by atoms with Crippen molar-refractivity contribution in [2.45, 2.75) is 66.2 Å². The molecule has 2 unspecified atom stereocenters. The van der Waals surface area contributed by atoms with E-state index in [0.717, 1.165) is 19.3 Å². The highest BCUT2D eigenvalue weighted by molar-refractivity contribution is 5.81. The molecule has 0 N–H and O–H groups in total. The van der Waals surface area contributed by atoms with Gasteiger partial charge in [0.05, 0.1) is 0 Å². The summed E-state index contributed by atoms with van der Waals surface area (Å²) in [4.78, 5) is 11.6. The number of hydrogen-bond donors (Lipinski definition) is 0. The van der Waals surface area contributed by atoms with Crippen LogP contribution in [0.2, 0.25) is 0 Å². The Morgan fingerprint density at radius 2 is 1.79 bits per heavy atom. The first-order valence-corrected chi connectivity index (χ1v) is 6.28. The van der Waals surface area contributed by atoms with Crippen LogP contribution < -0.4 is 0 Å². The quantitative estimate of drug-likeness (QED) is 0.664. The molecule has 1 heteroatoms. The smallest absolute Gasteiger partial charge is 0.136 e. The van der Waals surface area contributed by atoms with Gasteiger partial charge in [0.2, 0.25) is 0 Å². The summed E-state index contributed by atoms with van der Waals surface area (Å²) >= 11 is 0. The van der Waals surface area contributed by atoms with E-state index in [4.69, 9.17) is 0 Å². The first-order valence-electron chi connectivity index (χ1n) is 6.28. The summed E-state index contributed by atoms with van der Waals surface area (Å²) in [5, 5.41) is 0. The van der Waals surface area contributed by atoms with E-state index in [-0.39, 0.29) is 0 Å². The fraction of sp³-hybridized carbons (Fsp3) is 0.923. The van der Waals surface area contributed by atoms with Crippen LogP contribution in [0, 0.1) is 11.8 Å². The highest BCUT2D eigenvalue weighted by Gasteiger charge is 2.26. The van der Waals surface area contributed by atoms with E-state index in [9.17, 15) is 4.79 Å². The van der Waals surface area contributed by atoms with Crippen molar-refractivity contribution in [2.24, 2.45) is 11.8 Å². The molecule has 0 aromatic carbocycles. The van der Waals surface area contributed by atoms with Gasteiger partial charge in [-0.25, -0.2) is 0 Å². The standard InChI is InChI=1S/C11H20O.C2H6/c1-3-6-11(12)10-8-5-4-7-9(10)2;1-2/h9-10H,3-8H2,1-2H3;1-2H3. The normalized spacial score (nSPS) is 26.3. The van der Waals surface area contributed by atoms with Gasteiger partial charge in [0, 0.05) is 12.3 Å². The van der Waals surface area contributed by atoms with E-state index in [1.165, 1.54) is 19.3 Å². The maximum Gasteiger partial charge on any atom is 0.136 e. The van der Waals surface area contributed by atoms with Crippen LogP contribution >= 0.6 is 0 Å². The van der Waals surface area contributed by atoms with Crippen molar-refractivity contribution >= 4 is 5.78 Å². The van der Waals surface area contributed by atoms with E-state index >= 15 is 0 Å². The highest BCUT2D eigenvalue weighted by Crippen LogP contribution is 2.30. The first kappa shape index (κ1) is 13.7. The van der Waals surface area contributed by atoms with Crippen LogP contribution in [0.1, 0.15) is 66.2 Å². The molecule has 0 heterocycles. The Balaban J connectivity index is 0.000000791. The number of ketones is 1. The third-order valence-electron chi connectivity index (χ3n) is 3.02. The number of rotatable bonds is 3. The van der Waals surface area contributed by atoms with Crippen molar-refractivity contribution in [1.29, 1.82) is 0 Å². The average Bonchev–Trinajstić information content (AvgIpc) is 2.22. The van der Waals surface area contributed by atoms with Crippen molar-refractivity contribution < 1.29 is 4.79 Å². The molecule has 0 radical (unpaired) electrons. The van der Waals surface area contributed by atoms with E-state index in [1.54, 1.807) is 0 Å². The van der Waals surface area contributed by atoms with Crippen molar-refractivity contribution in [3.05, 3.63) is 0 Å². The maximum absolute atomic E-state index is 11.6. The SMILES string of the molecule is CC.CCCC(=O)C1CCCCC1C. The molecule has 0 amide bonds. The summed E-state index contributed by atoms with van der Waals surface area (Å²) in [5.41, 5.74) is 0. The predicted molar refractivity (Wildman–Crippen MR) is 62.4 cm³/mol. The molecule has 84 valence electrons. The van der Waals surface area contributed by atoms with Crippen molar-refractivity contribution in [2.75, 3.05) is 0 Å². The van der Waals surface area contributed by atoms with Gasteiger partial charge in [-0.15, -0.1) is 0 Å². The van der Waals surface area contributed by atoms with Gasteiger partial charge in [-0.3, -0.25) is 4.79 Å². The zero-order valence-corrected chi connectivity index (χ0v) is 10.3. The molecule has 1 fully saturated rings. The van der Waals surface area contributed by atoms with Crippen LogP contribution in [0.15, 0.2) is 0 Å². The van der Waals surface area contributed by atoms with Gasteiger partial charge in [-0.1, -0.05) is 47.0 Å². The Bertz CT molecular complexity index is 151. The Kier molecular flexibility index (Phi) is 7.83. The van der Waals surface area contributed by atoms with Crippen LogP contribution in [0.4, 0.5) is 0 Å². The van der Waals surface area contributed by atoms with Crippen molar-refractivity contribution in [1.82, 2.24) is 0 Å². The Hall–Kier alpha value is -0.330. The second kappa shape index (κ2) is 8.02. The molecule has 1 aliphatic rings. The molecular formula is C13H26O. The van der Waals surface area contributed by atoms with Crippen LogP contribution in [0.25, 0.3) is 0 Å². The average molecular weight is 198 g/mol. The summed E-state index contributed by atoms with van der Waals surface area (Å²) in [6.07, 6.45) is 6.83. The van der Waals surface area contributed by atoms with Gasteiger partial charge >= 0.3 is 0 Å². The maximum atomic E-state index is 11.6. The highest BCUT2D eigenvalue weighted by atomic mass is 16.1. The van der Waals surface area contributed by atoms with Crippen molar-refractivity contribution in [3.63, 3.8) is 0 Å². The third-order valence-corrected chi connectivity index (χ3v) is 3.02. The summed E-state index contributed by atoms with van der Waals surface area (Å²) in [5.74, 6) is 1.57. The molecule has 0 saturated heterocycles. The van der Waals surface area contributed by atoms with Crippen molar-refractivity contribution in [3.8, 4) is 0 Å². The third kappa shape index (κ3) is 4.26. The summed E-state index contributed by atoms with van der Waals surface area (Å²) in [7, 11) is 0. The molecule has 14 heavy (non-hydrogen) atoms. The minimum absolute atomic E-state index is 0.402. The fourth-order valence-corrected chi connectivity index (χ4v) is 2.23. The summed E-state index contributed by atoms with van der Waals surface area (Å²) in [6.45, 7) is 8.32. The van der Waals surface area contributed by atoms with Gasteiger partial charge in [-0.05, 0) is 18.8 Å². The lowest BCUT2D eigenvalue weighted by Crippen LogP contribution is -2.24. The van der Waals surface area contributed by atoms with Crippen LogP contribution in [0.5, 0.6) is 0 Å². The predicted octanol–water partition coefficient (Wildman–Crippen LogP) is 4.21. The number of Topliss-reactive ketones (excluding diaryl/α,β-unsaturated/α-hetero) is 1. The molecule has 1 saturated carbocycles. The van der Waals surface area contributed by atoms with Gasteiger partial charge < -0.3 is 0 Å². The molecule has 0 aromatic heterocycles. The Labute approximate surface area is 89.3 Å². The molecule has 0 bridgehead atoms. The van der Waals surface area contributed by atoms with Gasteiger partial charge in [0.1, 0.15) is 5.78 Å². The number of hydrogen-bond acceptors (Lipinski definition) is 1. The molecule has 1 nitrogen and oxygen atoms in total. The molecule has 0 aromatic rings. The summed E-state index contributed by atoms with van der Waals surface area (Å²) < 4.78 is 0. The molecule has 1 rings (SSSR count). The largest absolute Gasteiger partial charge is 0.299 e. The lowest BCUT2D eigenvalue weighted by atomic mass is 9.77. The molecule has 0 spiro atoms. The van der Waals surface area contributed by atoms with E-state index < -0.39 is 0 Å².